The molecule has 102 valence electrons. The van der Waals surface area contributed by atoms with Crippen molar-refractivity contribution >= 4 is 0 Å². The van der Waals surface area contributed by atoms with Crippen molar-refractivity contribution in [2.24, 2.45) is 0 Å². The predicted octanol–water partition coefficient (Wildman–Crippen LogP) is 2.91. The summed E-state index contributed by atoms with van der Waals surface area (Å²) in [6, 6.07) is 4.36. The first-order chi connectivity index (χ1) is 8.16. The van der Waals surface area contributed by atoms with Crippen LogP contribution in [-0.4, -0.2) is 23.4 Å². The predicted molar refractivity (Wildman–Crippen MR) is 62.4 cm³/mol. The molecule has 0 aliphatic rings. The zero-order chi connectivity index (χ0) is 13.8. The number of nitrogens with one attached hydrogen (secondary N) is 1. The molecule has 0 spiro atoms. The zero-order valence-corrected chi connectivity index (χ0v) is 10.6. The molecule has 0 saturated heterocycles. The smallest absolute Gasteiger partial charge is 0.388 e. The molecule has 3 nitrogen and oxygen atoms in total. The van der Waals surface area contributed by atoms with Gasteiger partial charge in [-0.25, -0.2) is 4.98 Å². The van der Waals surface area contributed by atoms with E-state index in [4.69, 9.17) is 0 Å². The van der Waals surface area contributed by atoms with Crippen LogP contribution in [0.4, 0.5) is 13.2 Å². The lowest BCUT2D eigenvalue weighted by molar-refractivity contribution is -0.276. The van der Waals surface area contributed by atoms with Crippen LogP contribution in [0.5, 0.6) is 5.88 Å². The fourth-order valence-corrected chi connectivity index (χ4v) is 1.34. The van der Waals surface area contributed by atoms with Crippen molar-refractivity contribution in [3.05, 3.63) is 23.9 Å². The third-order valence-corrected chi connectivity index (χ3v) is 2.04. The number of alkyl halides is 3. The molecular weight excluding hydrogens is 245 g/mol. The van der Waals surface area contributed by atoms with Gasteiger partial charge in [-0.1, -0.05) is 6.07 Å². The van der Waals surface area contributed by atoms with Gasteiger partial charge in [-0.3, -0.25) is 0 Å². The van der Waals surface area contributed by atoms with Gasteiger partial charge in [-0.05, 0) is 26.8 Å². The van der Waals surface area contributed by atoms with Gasteiger partial charge in [-0.15, -0.1) is 13.2 Å². The highest BCUT2D eigenvalue weighted by atomic mass is 19.4. The minimum absolute atomic E-state index is 0.0277. The number of aromatic nitrogens is 1. The number of hydrogen-bond donors (Lipinski definition) is 1. The number of halogens is 3. The normalized spacial score (nSPS) is 12.6. The molecule has 6 heteroatoms. The van der Waals surface area contributed by atoms with Crippen molar-refractivity contribution in [2.45, 2.75) is 39.1 Å². The molecule has 0 bridgehead atoms. The van der Waals surface area contributed by atoms with Crippen LogP contribution in [-0.2, 0) is 6.42 Å². The van der Waals surface area contributed by atoms with Gasteiger partial charge in [0.15, 0.2) is 0 Å². The summed E-state index contributed by atoms with van der Waals surface area (Å²) in [5, 5.41) is 3.24. The van der Waals surface area contributed by atoms with E-state index in [1.807, 2.05) is 20.8 Å². The van der Waals surface area contributed by atoms with E-state index < -0.39 is 12.2 Å². The van der Waals surface area contributed by atoms with Crippen molar-refractivity contribution < 1.29 is 17.9 Å². The molecular formula is C12H17F3N2O. The van der Waals surface area contributed by atoms with Gasteiger partial charge in [0.2, 0.25) is 5.88 Å². The maximum Gasteiger partial charge on any atom is 0.574 e. The molecule has 1 aromatic rings. The number of ether oxygens (including phenoxy) is 1. The van der Waals surface area contributed by atoms with E-state index in [2.05, 4.69) is 15.0 Å². The topological polar surface area (TPSA) is 34.1 Å². The number of nitrogens with zero attached hydrogens (tertiary/aromatic N) is 1. The van der Waals surface area contributed by atoms with E-state index in [1.165, 1.54) is 12.1 Å². The van der Waals surface area contributed by atoms with Gasteiger partial charge in [0.05, 0.1) is 0 Å². The first kappa shape index (κ1) is 14.8. The average Bonchev–Trinajstić information content (AvgIpc) is 2.13. The maximum atomic E-state index is 12.0. The summed E-state index contributed by atoms with van der Waals surface area (Å²) in [5.41, 5.74) is 0.536. The van der Waals surface area contributed by atoms with Crippen molar-refractivity contribution in [1.82, 2.24) is 10.3 Å². The Kier molecular flexibility index (Phi) is 4.56. The van der Waals surface area contributed by atoms with Crippen LogP contribution in [0.1, 0.15) is 26.5 Å². The van der Waals surface area contributed by atoms with E-state index in [0.717, 1.165) is 0 Å². The summed E-state index contributed by atoms with van der Waals surface area (Å²) in [5.74, 6) is -0.421. The third-order valence-electron chi connectivity index (χ3n) is 2.04. The second-order valence-electron chi connectivity index (χ2n) is 4.94. The molecule has 0 unspecified atom stereocenters. The summed E-state index contributed by atoms with van der Waals surface area (Å²) in [4.78, 5) is 3.80. The van der Waals surface area contributed by atoms with Gasteiger partial charge in [0.25, 0.3) is 0 Å². The Morgan fingerprint density at radius 1 is 1.22 bits per heavy atom. The van der Waals surface area contributed by atoms with E-state index >= 15 is 0 Å². The Labute approximate surface area is 104 Å². The highest BCUT2D eigenvalue weighted by molar-refractivity contribution is 5.16. The van der Waals surface area contributed by atoms with Crippen LogP contribution in [0.2, 0.25) is 0 Å². The summed E-state index contributed by atoms with van der Waals surface area (Å²) in [7, 11) is 0. The Hall–Kier alpha value is -1.30. The van der Waals surface area contributed by atoms with Crippen LogP contribution in [0, 0.1) is 0 Å². The van der Waals surface area contributed by atoms with Crippen LogP contribution in [0.15, 0.2) is 18.2 Å². The van der Waals surface area contributed by atoms with Crippen molar-refractivity contribution in [2.75, 3.05) is 6.54 Å². The molecule has 0 radical (unpaired) electrons. The minimum atomic E-state index is -4.70. The lowest BCUT2D eigenvalue weighted by Crippen LogP contribution is -2.37. The SMILES string of the molecule is CC(C)(C)NCCc1cccc(OC(F)(F)F)n1. The molecule has 1 N–H and O–H groups in total. The molecule has 0 atom stereocenters. The van der Waals surface area contributed by atoms with E-state index in [9.17, 15) is 13.2 Å². The summed E-state index contributed by atoms with van der Waals surface area (Å²) >= 11 is 0. The largest absolute Gasteiger partial charge is 0.574 e. The van der Waals surface area contributed by atoms with Gasteiger partial charge in [-0.2, -0.15) is 0 Å². The van der Waals surface area contributed by atoms with Crippen LogP contribution in [0.25, 0.3) is 0 Å². The van der Waals surface area contributed by atoms with Gasteiger partial charge in [0.1, 0.15) is 0 Å². The fraction of sp³-hybridized carbons (Fsp3) is 0.583. The summed E-state index contributed by atoms with van der Waals surface area (Å²) in [6.07, 6.45) is -4.15. The average molecular weight is 262 g/mol. The summed E-state index contributed by atoms with van der Waals surface area (Å²) in [6.45, 7) is 6.70. The molecule has 1 rings (SSSR count). The van der Waals surface area contributed by atoms with Crippen molar-refractivity contribution in [3.8, 4) is 5.88 Å². The maximum absolute atomic E-state index is 12.0. The number of rotatable bonds is 4. The highest BCUT2D eigenvalue weighted by Gasteiger charge is 2.31. The molecule has 0 aliphatic carbocycles. The Morgan fingerprint density at radius 3 is 2.44 bits per heavy atom. The Bertz CT molecular complexity index is 386. The third kappa shape index (κ3) is 6.44. The highest BCUT2D eigenvalue weighted by Crippen LogP contribution is 2.20. The molecule has 18 heavy (non-hydrogen) atoms. The molecule has 1 heterocycles. The molecule has 0 amide bonds. The first-order valence-corrected chi connectivity index (χ1v) is 5.62. The second-order valence-corrected chi connectivity index (χ2v) is 4.94. The Balaban J connectivity index is 2.55. The fourth-order valence-electron chi connectivity index (χ4n) is 1.34. The van der Waals surface area contributed by atoms with Crippen molar-refractivity contribution in [3.63, 3.8) is 0 Å². The lowest BCUT2D eigenvalue weighted by Gasteiger charge is -2.20. The van der Waals surface area contributed by atoms with E-state index in [0.29, 0.717) is 18.7 Å². The summed E-state index contributed by atoms with van der Waals surface area (Å²) < 4.78 is 39.8. The molecule has 0 saturated carbocycles. The first-order valence-electron chi connectivity index (χ1n) is 5.62. The van der Waals surface area contributed by atoms with Crippen molar-refractivity contribution in [1.29, 1.82) is 0 Å². The number of pyridine rings is 1. The second kappa shape index (κ2) is 5.56. The van der Waals surface area contributed by atoms with Gasteiger partial charge in [0, 0.05) is 30.3 Å². The van der Waals surface area contributed by atoms with Crippen LogP contribution < -0.4 is 10.1 Å². The molecule has 0 aromatic carbocycles. The standard InChI is InChI=1S/C12H17F3N2O/c1-11(2,3)16-8-7-9-5-4-6-10(17-9)18-12(13,14)15/h4-6,16H,7-8H2,1-3H3. The molecule has 0 fully saturated rings. The van der Waals surface area contributed by atoms with Crippen LogP contribution >= 0.6 is 0 Å². The monoisotopic (exact) mass is 262 g/mol. The lowest BCUT2D eigenvalue weighted by atomic mass is 10.1. The minimum Gasteiger partial charge on any atom is -0.388 e. The molecule has 0 aliphatic heterocycles. The van der Waals surface area contributed by atoms with E-state index in [-0.39, 0.29) is 5.54 Å². The number of hydrogen-bond acceptors (Lipinski definition) is 3. The van der Waals surface area contributed by atoms with Gasteiger partial charge < -0.3 is 10.1 Å². The zero-order valence-electron chi connectivity index (χ0n) is 10.6. The Morgan fingerprint density at radius 2 is 1.89 bits per heavy atom. The van der Waals surface area contributed by atoms with E-state index in [1.54, 1.807) is 6.07 Å². The van der Waals surface area contributed by atoms with Crippen LogP contribution in [0.3, 0.4) is 0 Å². The molecule has 1 aromatic heterocycles. The quantitative estimate of drug-likeness (QED) is 0.906. The van der Waals surface area contributed by atoms with Gasteiger partial charge >= 0.3 is 6.36 Å².